The summed E-state index contributed by atoms with van der Waals surface area (Å²) in [5.74, 6) is 0.913. The number of rotatable bonds is 7. The largest absolute Gasteiger partial charge is 0.355 e. The fraction of sp³-hybridized carbons (Fsp3) is 0.909. The number of sulfone groups is 1. The van der Waals surface area contributed by atoms with Crippen molar-refractivity contribution in [1.29, 1.82) is 0 Å². The van der Waals surface area contributed by atoms with E-state index < -0.39 is 9.84 Å². The molecule has 0 aliphatic rings. The van der Waals surface area contributed by atoms with Gasteiger partial charge in [0.1, 0.15) is 9.84 Å². The van der Waals surface area contributed by atoms with Gasteiger partial charge in [0.2, 0.25) is 0 Å². The molecule has 0 aromatic heterocycles. The minimum atomic E-state index is -2.89. The molecule has 19 heavy (non-hydrogen) atoms. The van der Waals surface area contributed by atoms with Crippen molar-refractivity contribution in [2.24, 2.45) is 4.99 Å². The lowest BCUT2D eigenvalue weighted by molar-refractivity contribution is 0.581. The van der Waals surface area contributed by atoms with Crippen LogP contribution in [0.4, 0.5) is 0 Å². The van der Waals surface area contributed by atoms with Crippen LogP contribution in [0.25, 0.3) is 0 Å². The number of halogens is 1. The Morgan fingerprint density at radius 2 is 1.95 bits per heavy atom. The van der Waals surface area contributed by atoms with Crippen molar-refractivity contribution in [3.05, 3.63) is 0 Å². The van der Waals surface area contributed by atoms with E-state index in [2.05, 4.69) is 28.8 Å². The minimum Gasteiger partial charge on any atom is -0.355 e. The van der Waals surface area contributed by atoms with E-state index in [0.29, 0.717) is 11.7 Å². The normalized spacial score (nSPS) is 15.3. The highest BCUT2D eigenvalue weighted by Gasteiger charge is 2.09. The first-order chi connectivity index (χ1) is 8.28. The van der Waals surface area contributed by atoms with E-state index in [4.69, 9.17) is 0 Å². The molecule has 0 saturated heterocycles. The second kappa shape index (κ2) is 11.0. The Bertz CT molecular complexity index is 361. The van der Waals surface area contributed by atoms with E-state index in [0.717, 1.165) is 12.5 Å². The van der Waals surface area contributed by atoms with Crippen molar-refractivity contribution in [3.8, 4) is 0 Å². The molecule has 0 radical (unpaired) electrons. The van der Waals surface area contributed by atoms with Crippen LogP contribution in [0.1, 0.15) is 20.3 Å². The highest BCUT2D eigenvalue weighted by molar-refractivity contribution is 14.0. The highest BCUT2D eigenvalue weighted by Crippen LogP contribution is 2.02. The van der Waals surface area contributed by atoms with Gasteiger partial charge in [-0.25, -0.2) is 8.42 Å². The summed E-state index contributed by atoms with van der Waals surface area (Å²) < 4.78 is 22.1. The van der Waals surface area contributed by atoms with Crippen molar-refractivity contribution >= 4 is 51.5 Å². The van der Waals surface area contributed by atoms with Crippen molar-refractivity contribution < 1.29 is 8.42 Å². The summed E-state index contributed by atoms with van der Waals surface area (Å²) in [6.45, 7) is 4.92. The average molecular weight is 423 g/mol. The number of hydrogen-bond acceptors (Lipinski definition) is 4. The first kappa shape index (κ1) is 21.6. The molecule has 0 bridgehead atoms. The smallest absolute Gasteiger partial charge is 0.191 e. The molecule has 0 saturated carbocycles. The SMILES string of the molecule is CN=C(NCC(C)SC)NC(C)CCS(C)(=O)=O.I. The molecule has 2 atom stereocenters. The van der Waals surface area contributed by atoms with Crippen LogP contribution in [0, 0.1) is 0 Å². The molecule has 116 valence electrons. The lowest BCUT2D eigenvalue weighted by Gasteiger charge is -2.19. The molecule has 0 aromatic carbocycles. The van der Waals surface area contributed by atoms with Gasteiger partial charge in [0.25, 0.3) is 0 Å². The van der Waals surface area contributed by atoms with Gasteiger partial charge in [0, 0.05) is 31.1 Å². The summed E-state index contributed by atoms with van der Waals surface area (Å²) >= 11 is 1.79. The third-order valence-corrected chi connectivity index (χ3v) is 4.44. The van der Waals surface area contributed by atoms with Crippen LogP contribution in [-0.2, 0) is 9.84 Å². The van der Waals surface area contributed by atoms with E-state index in [1.54, 1.807) is 18.8 Å². The molecule has 0 rings (SSSR count). The van der Waals surface area contributed by atoms with Gasteiger partial charge in [-0.1, -0.05) is 6.92 Å². The quantitative estimate of drug-likeness (QED) is 0.368. The topological polar surface area (TPSA) is 70.6 Å². The first-order valence-electron chi connectivity index (χ1n) is 5.96. The Morgan fingerprint density at radius 1 is 1.37 bits per heavy atom. The Labute approximate surface area is 138 Å². The second-order valence-electron chi connectivity index (χ2n) is 4.46. The van der Waals surface area contributed by atoms with Crippen LogP contribution in [-0.4, -0.2) is 57.5 Å². The molecule has 0 heterocycles. The fourth-order valence-corrected chi connectivity index (χ4v) is 2.25. The van der Waals surface area contributed by atoms with Crippen molar-refractivity contribution in [3.63, 3.8) is 0 Å². The molecule has 0 fully saturated rings. The Morgan fingerprint density at radius 3 is 2.37 bits per heavy atom. The van der Waals surface area contributed by atoms with Crippen LogP contribution >= 0.6 is 35.7 Å². The summed E-state index contributed by atoms with van der Waals surface area (Å²) in [7, 11) is -1.18. The number of nitrogens with zero attached hydrogens (tertiary/aromatic N) is 1. The number of thioether (sulfide) groups is 1. The van der Waals surface area contributed by atoms with Gasteiger partial charge in [0.15, 0.2) is 5.96 Å². The minimum absolute atomic E-state index is 0. The second-order valence-corrected chi connectivity index (χ2v) is 8.00. The van der Waals surface area contributed by atoms with E-state index in [1.807, 2.05) is 6.92 Å². The van der Waals surface area contributed by atoms with Gasteiger partial charge >= 0.3 is 0 Å². The predicted molar refractivity (Wildman–Crippen MR) is 96.7 cm³/mol. The van der Waals surface area contributed by atoms with E-state index >= 15 is 0 Å². The van der Waals surface area contributed by atoms with Crippen molar-refractivity contribution in [2.45, 2.75) is 31.6 Å². The summed E-state index contributed by atoms with van der Waals surface area (Å²) in [5.41, 5.74) is 0. The standard InChI is InChI=1S/C11H25N3O2S2.HI/c1-9(6-7-18(5,15)16)14-11(12-3)13-8-10(2)17-4;/h9-10H,6-8H2,1-5H3,(H2,12,13,14);1H. The fourth-order valence-electron chi connectivity index (χ4n) is 1.21. The molecular formula is C11H26IN3O2S2. The Kier molecular flexibility index (Phi) is 12.5. The van der Waals surface area contributed by atoms with E-state index in [1.165, 1.54) is 6.26 Å². The van der Waals surface area contributed by atoms with Gasteiger partial charge in [-0.05, 0) is 19.6 Å². The predicted octanol–water partition coefficient (Wildman–Crippen LogP) is 1.34. The molecule has 0 amide bonds. The van der Waals surface area contributed by atoms with Gasteiger partial charge in [-0.2, -0.15) is 11.8 Å². The third kappa shape index (κ3) is 13.1. The molecule has 0 aromatic rings. The van der Waals surface area contributed by atoms with Crippen molar-refractivity contribution in [1.82, 2.24) is 10.6 Å². The lowest BCUT2D eigenvalue weighted by atomic mass is 10.3. The van der Waals surface area contributed by atoms with Crippen LogP contribution in [0.15, 0.2) is 4.99 Å². The monoisotopic (exact) mass is 423 g/mol. The van der Waals surface area contributed by atoms with Gasteiger partial charge in [-0.3, -0.25) is 4.99 Å². The third-order valence-electron chi connectivity index (χ3n) is 2.49. The molecule has 0 aliphatic heterocycles. The number of nitrogens with one attached hydrogen (secondary N) is 2. The maximum Gasteiger partial charge on any atom is 0.191 e. The summed E-state index contributed by atoms with van der Waals surface area (Å²) in [6, 6.07) is 0.0792. The van der Waals surface area contributed by atoms with Crippen molar-refractivity contribution in [2.75, 3.05) is 31.9 Å². The summed E-state index contributed by atoms with van der Waals surface area (Å²) in [5, 5.41) is 6.91. The molecule has 0 spiro atoms. The van der Waals surface area contributed by atoms with E-state index in [9.17, 15) is 8.42 Å². The maximum atomic E-state index is 11.1. The number of guanidine groups is 1. The van der Waals surface area contributed by atoms with Crippen LogP contribution < -0.4 is 10.6 Å². The number of hydrogen-bond donors (Lipinski definition) is 2. The number of aliphatic imine (C=N–C) groups is 1. The molecule has 2 N–H and O–H groups in total. The zero-order chi connectivity index (χ0) is 14.2. The Hall–Kier alpha value is 0.300. The summed E-state index contributed by atoms with van der Waals surface area (Å²) in [4.78, 5) is 4.11. The molecule has 0 aliphatic carbocycles. The lowest BCUT2D eigenvalue weighted by Crippen LogP contribution is -2.44. The molecule has 5 nitrogen and oxygen atoms in total. The van der Waals surface area contributed by atoms with E-state index in [-0.39, 0.29) is 35.8 Å². The van der Waals surface area contributed by atoms with Gasteiger partial charge in [-0.15, -0.1) is 24.0 Å². The zero-order valence-electron chi connectivity index (χ0n) is 12.3. The van der Waals surface area contributed by atoms with Crippen LogP contribution in [0.2, 0.25) is 0 Å². The molecule has 2 unspecified atom stereocenters. The molecular weight excluding hydrogens is 397 g/mol. The van der Waals surface area contributed by atoms with Gasteiger partial charge < -0.3 is 10.6 Å². The molecule has 8 heteroatoms. The zero-order valence-corrected chi connectivity index (χ0v) is 16.2. The Balaban J connectivity index is 0. The average Bonchev–Trinajstić information content (AvgIpc) is 2.30. The highest BCUT2D eigenvalue weighted by atomic mass is 127. The maximum absolute atomic E-state index is 11.1. The first-order valence-corrected chi connectivity index (χ1v) is 9.31. The summed E-state index contributed by atoms with van der Waals surface area (Å²) in [6.07, 6.45) is 3.90. The van der Waals surface area contributed by atoms with Crippen LogP contribution in [0.3, 0.4) is 0 Å². The van der Waals surface area contributed by atoms with Crippen LogP contribution in [0.5, 0.6) is 0 Å². The van der Waals surface area contributed by atoms with Gasteiger partial charge in [0.05, 0.1) is 5.75 Å².